The molecule has 0 amide bonds. The Kier molecular flexibility index (Phi) is 4.50. The summed E-state index contributed by atoms with van der Waals surface area (Å²) < 4.78 is 14.1. The lowest BCUT2D eigenvalue weighted by Crippen LogP contribution is -2.27. The van der Waals surface area contributed by atoms with Crippen LogP contribution in [-0.2, 0) is 0 Å². The van der Waals surface area contributed by atoms with E-state index in [4.69, 9.17) is 4.98 Å². The predicted molar refractivity (Wildman–Crippen MR) is 124 cm³/mol. The first-order chi connectivity index (χ1) is 15.7. The van der Waals surface area contributed by atoms with Crippen molar-refractivity contribution < 1.29 is 4.39 Å². The van der Waals surface area contributed by atoms with Crippen LogP contribution in [-0.4, -0.2) is 38.2 Å². The van der Waals surface area contributed by atoms with E-state index >= 15 is 0 Å². The van der Waals surface area contributed by atoms with Gasteiger partial charge in [0.05, 0.1) is 29.1 Å². The molecule has 1 aromatic carbocycles. The number of benzene rings is 1. The molecule has 5 heterocycles. The first kappa shape index (κ1) is 19.1. The first-order valence-corrected chi connectivity index (χ1v) is 10.9. The molecule has 0 unspecified atom stereocenters. The number of nitrogens with zero attached hydrogens (tertiary/aromatic N) is 3. The summed E-state index contributed by atoms with van der Waals surface area (Å²) in [5.41, 5.74) is 7.27. The lowest BCUT2D eigenvalue weighted by atomic mass is 9.93. The predicted octanol–water partition coefficient (Wildman–Crippen LogP) is 5.08. The molecule has 1 saturated heterocycles. The molecule has 6 nitrogen and oxygen atoms in total. The summed E-state index contributed by atoms with van der Waals surface area (Å²) in [7, 11) is 0. The highest BCUT2D eigenvalue weighted by molar-refractivity contribution is 6.00. The summed E-state index contributed by atoms with van der Waals surface area (Å²) in [5.74, 6) is 0.224. The van der Waals surface area contributed by atoms with Gasteiger partial charge in [-0.15, -0.1) is 0 Å². The maximum absolute atomic E-state index is 14.1. The van der Waals surface area contributed by atoms with Crippen LogP contribution in [0.5, 0.6) is 0 Å². The quantitative estimate of drug-likeness (QED) is 0.376. The second kappa shape index (κ2) is 7.53. The Balaban J connectivity index is 1.47. The van der Waals surface area contributed by atoms with Crippen LogP contribution in [0.1, 0.15) is 30.0 Å². The zero-order chi connectivity index (χ0) is 21.7. The summed E-state index contributed by atoms with van der Waals surface area (Å²) >= 11 is 0. The third-order valence-electron chi connectivity index (χ3n) is 6.38. The molecular weight excluding hydrogens is 403 g/mol. The topological polar surface area (TPSA) is 82.3 Å². The molecule has 5 aromatic rings. The average Bonchev–Trinajstić information content (AvgIpc) is 3.42. The number of aromatic nitrogens is 5. The summed E-state index contributed by atoms with van der Waals surface area (Å²) in [6.07, 6.45) is 7.66. The Bertz CT molecular complexity index is 1420. The van der Waals surface area contributed by atoms with Gasteiger partial charge in [0.2, 0.25) is 0 Å². The van der Waals surface area contributed by atoms with Crippen molar-refractivity contribution in [3.05, 3.63) is 66.0 Å². The fourth-order valence-corrected chi connectivity index (χ4v) is 4.78. The summed E-state index contributed by atoms with van der Waals surface area (Å²) in [4.78, 5) is 12.5. The molecule has 0 saturated carbocycles. The van der Waals surface area contributed by atoms with E-state index in [1.54, 1.807) is 18.5 Å². The summed E-state index contributed by atoms with van der Waals surface area (Å²) in [5, 5.41) is 13.2. The van der Waals surface area contributed by atoms with Crippen molar-refractivity contribution >= 4 is 21.8 Å². The number of pyridine rings is 2. The summed E-state index contributed by atoms with van der Waals surface area (Å²) in [6, 6.07) is 9.31. The average molecular weight is 426 g/mol. The minimum Gasteiger partial charge on any atom is -0.352 e. The Hall–Kier alpha value is -3.58. The van der Waals surface area contributed by atoms with E-state index in [1.807, 2.05) is 19.2 Å². The van der Waals surface area contributed by atoms with Gasteiger partial charge in [-0.25, -0.2) is 4.39 Å². The lowest BCUT2D eigenvalue weighted by Gasteiger charge is -2.22. The van der Waals surface area contributed by atoms with Crippen molar-refractivity contribution in [2.24, 2.45) is 0 Å². The van der Waals surface area contributed by atoms with Gasteiger partial charge in [-0.05, 0) is 68.2 Å². The van der Waals surface area contributed by atoms with Crippen molar-refractivity contribution in [1.82, 2.24) is 30.5 Å². The van der Waals surface area contributed by atoms with Crippen LogP contribution in [0.25, 0.3) is 44.3 Å². The second-order valence-corrected chi connectivity index (χ2v) is 8.60. The number of piperidine rings is 1. The molecule has 6 rings (SSSR count). The number of fused-ring (bicyclic) bond motifs is 2. The van der Waals surface area contributed by atoms with E-state index in [1.165, 1.54) is 6.07 Å². The van der Waals surface area contributed by atoms with Crippen molar-refractivity contribution in [1.29, 1.82) is 0 Å². The van der Waals surface area contributed by atoms with Gasteiger partial charge < -0.3 is 10.3 Å². The monoisotopic (exact) mass is 426 g/mol. The molecule has 0 atom stereocenters. The van der Waals surface area contributed by atoms with Gasteiger partial charge in [-0.3, -0.25) is 15.1 Å². The zero-order valence-corrected chi connectivity index (χ0v) is 17.7. The highest BCUT2D eigenvalue weighted by atomic mass is 19.1. The van der Waals surface area contributed by atoms with Gasteiger partial charge in [-0.2, -0.15) is 5.10 Å². The fraction of sp³-hybridized carbons (Fsp3) is 0.240. The molecule has 32 heavy (non-hydrogen) atoms. The SMILES string of the molecule is Cc1cc(F)cc(-c2cncc3[nH]c(-c4n[nH]c5cnc(C6CCNCC6)cc45)cc23)c1. The van der Waals surface area contributed by atoms with Crippen LogP contribution >= 0.6 is 0 Å². The van der Waals surface area contributed by atoms with Crippen molar-refractivity contribution in [3.63, 3.8) is 0 Å². The Labute approximate surface area is 184 Å². The third-order valence-corrected chi connectivity index (χ3v) is 6.38. The number of rotatable bonds is 3. The maximum atomic E-state index is 14.1. The Morgan fingerprint density at radius 2 is 1.81 bits per heavy atom. The first-order valence-electron chi connectivity index (χ1n) is 10.9. The number of aromatic amines is 2. The van der Waals surface area contributed by atoms with Gasteiger partial charge in [-0.1, -0.05) is 6.07 Å². The van der Waals surface area contributed by atoms with Crippen LogP contribution in [0.15, 0.2) is 48.9 Å². The standard InChI is InChI=1S/C25H23FN6/c1-14-6-16(8-17(26)7-14)20-11-28-12-23-18(20)9-22(30-23)25-19-10-21(15-2-4-27-5-3-15)29-13-24(19)31-32-25/h6-13,15,27,30H,2-5H2,1H3,(H,31,32). The molecule has 3 N–H and O–H groups in total. The number of H-pyrrole nitrogens is 2. The Morgan fingerprint density at radius 1 is 0.938 bits per heavy atom. The van der Waals surface area contributed by atoms with Crippen molar-refractivity contribution in [3.8, 4) is 22.5 Å². The molecule has 1 aliphatic heterocycles. The highest BCUT2D eigenvalue weighted by Crippen LogP contribution is 2.35. The van der Waals surface area contributed by atoms with Crippen molar-refractivity contribution in [2.75, 3.05) is 13.1 Å². The molecule has 0 radical (unpaired) electrons. The summed E-state index contributed by atoms with van der Waals surface area (Å²) in [6.45, 7) is 3.95. The largest absolute Gasteiger partial charge is 0.352 e. The van der Waals surface area contributed by atoms with Gasteiger partial charge in [0.1, 0.15) is 11.5 Å². The number of nitrogens with one attached hydrogen (secondary N) is 3. The molecule has 1 fully saturated rings. The minimum atomic E-state index is -0.246. The smallest absolute Gasteiger partial charge is 0.124 e. The third kappa shape index (κ3) is 3.26. The van der Waals surface area contributed by atoms with Crippen LogP contribution in [0, 0.1) is 12.7 Å². The number of hydrogen-bond acceptors (Lipinski definition) is 4. The van der Waals surface area contributed by atoms with E-state index in [2.05, 4.69) is 37.6 Å². The fourth-order valence-electron chi connectivity index (χ4n) is 4.78. The minimum absolute atomic E-state index is 0.246. The zero-order valence-electron chi connectivity index (χ0n) is 17.7. The lowest BCUT2D eigenvalue weighted by molar-refractivity contribution is 0.453. The van der Waals surface area contributed by atoms with E-state index in [0.29, 0.717) is 5.92 Å². The second-order valence-electron chi connectivity index (χ2n) is 8.60. The molecular formula is C25H23FN6. The van der Waals surface area contributed by atoms with Crippen molar-refractivity contribution in [2.45, 2.75) is 25.7 Å². The number of halogens is 1. The van der Waals surface area contributed by atoms with Crippen LogP contribution in [0.4, 0.5) is 4.39 Å². The molecule has 0 bridgehead atoms. The highest BCUT2D eigenvalue weighted by Gasteiger charge is 2.19. The Morgan fingerprint density at radius 3 is 2.66 bits per heavy atom. The molecule has 0 spiro atoms. The molecule has 1 aliphatic rings. The van der Waals surface area contributed by atoms with Gasteiger partial charge in [0.15, 0.2) is 0 Å². The van der Waals surface area contributed by atoms with Crippen LogP contribution in [0.3, 0.4) is 0 Å². The van der Waals surface area contributed by atoms with E-state index < -0.39 is 0 Å². The molecule has 160 valence electrons. The van der Waals surface area contributed by atoms with E-state index in [9.17, 15) is 4.39 Å². The van der Waals surface area contributed by atoms with Crippen LogP contribution < -0.4 is 5.32 Å². The number of hydrogen-bond donors (Lipinski definition) is 3. The number of aryl methyl sites for hydroxylation is 1. The van der Waals surface area contributed by atoms with Gasteiger partial charge in [0.25, 0.3) is 0 Å². The molecule has 4 aromatic heterocycles. The van der Waals surface area contributed by atoms with E-state index in [-0.39, 0.29) is 5.82 Å². The van der Waals surface area contributed by atoms with E-state index in [0.717, 1.165) is 81.5 Å². The molecule has 7 heteroatoms. The normalized spacial score (nSPS) is 15.1. The van der Waals surface area contributed by atoms with Gasteiger partial charge in [0, 0.05) is 34.1 Å². The maximum Gasteiger partial charge on any atom is 0.124 e. The van der Waals surface area contributed by atoms with Gasteiger partial charge >= 0.3 is 0 Å². The molecule has 0 aliphatic carbocycles. The van der Waals surface area contributed by atoms with Crippen LogP contribution in [0.2, 0.25) is 0 Å².